The first-order chi connectivity index (χ1) is 10.1. The molecule has 0 spiro atoms. The number of nitrogens with zero attached hydrogens (tertiary/aromatic N) is 1. The molecule has 0 aliphatic carbocycles. The van der Waals surface area contributed by atoms with Crippen LogP contribution in [0.3, 0.4) is 0 Å². The van der Waals surface area contributed by atoms with E-state index in [-0.39, 0.29) is 5.56 Å². The standard InChI is InChI=1S/C8H14O2S2.C6H5NO2/c9-8(10)4-2-1-3-7-5-6-11-12-7;8-6(9)5-2-1-3-7-4-5/h7H,1-6H2,(H,9,10);1-4H,(H,8,9)/t7-;/m1./s1. The number of rotatable bonds is 6. The molecule has 116 valence electrons. The van der Waals surface area contributed by atoms with Crippen LogP contribution in [0.2, 0.25) is 0 Å². The number of aromatic nitrogens is 1. The van der Waals surface area contributed by atoms with Gasteiger partial charge in [0.15, 0.2) is 0 Å². The molecule has 5 nitrogen and oxygen atoms in total. The number of aromatic carboxylic acids is 1. The smallest absolute Gasteiger partial charge is 0.337 e. The van der Waals surface area contributed by atoms with Gasteiger partial charge in [0.1, 0.15) is 0 Å². The van der Waals surface area contributed by atoms with Gasteiger partial charge in [-0.1, -0.05) is 28.0 Å². The van der Waals surface area contributed by atoms with Gasteiger partial charge in [-0.25, -0.2) is 4.79 Å². The van der Waals surface area contributed by atoms with Crippen molar-refractivity contribution in [2.24, 2.45) is 0 Å². The Kier molecular flexibility index (Phi) is 8.93. The van der Waals surface area contributed by atoms with Gasteiger partial charge in [-0.2, -0.15) is 0 Å². The minimum Gasteiger partial charge on any atom is -0.481 e. The molecular formula is C14H19NO4S2. The summed E-state index contributed by atoms with van der Waals surface area (Å²) in [4.78, 5) is 24.0. The Bertz CT molecular complexity index is 436. The van der Waals surface area contributed by atoms with Gasteiger partial charge in [0.2, 0.25) is 0 Å². The zero-order chi connectivity index (χ0) is 15.5. The number of hydrogen-bond donors (Lipinski definition) is 2. The van der Waals surface area contributed by atoms with Gasteiger partial charge in [-0.05, 0) is 31.4 Å². The average molecular weight is 329 g/mol. The number of carbonyl (C=O) groups is 2. The Hall–Kier alpha value is -1.21. The second-order valence-corrected chi connectivity index (χ2v) is 7.30. The molecule has 0 saturated carbocycles. The van der Waals surface area contributed by atoms with Crippen LogP contribution in [0.1, 0.15) is 42.5 Å². The van der Waals surface area contributed by atoms with Crippen LogP contribution in [0.15, 0.2) is 24.5 Å². The lowest BCUT2D eigenvalue weighted by atomic mass is 10.1. The monoisotopic (exact) mass is 329 g/mol. The Labute approximate surface area is 131 Å². The van der Waals surface area contributed by atoms with Crippen molar-refractivity contribution in [2.75, 3.05) is 5.75 Å². The van der Waals surface area contributed by atoms with E-state index in [1.807, 2.05) is 21.6 Å². The second-order valence-electron chi connectivity index (χ2n) is 4.52. The SMILES string of the molecule is O=C(O)CCCC[C@@H]1CCSS1.O=C(O)c1cccnc1. The van der Waals surface area contributed by atoms with E-state index in [1.54, 1.807) is 6.07 Å². The Morgan fingerprint density at radius 3 is 2.62 bits per heavy atom. The molecule has 1 aromatic rings. The molecule has 0 radical (unpaired) electrons. The highest BCUT2D eigenvalue weighted by Crippen LogP contribution is 2.39. The van der Waals surface area contributed by atoms with Crippen LogP contribution < -0.4 is 0 Å². The zero-order valence-electron chi connectivity index (χ0n) is 11.6. The van der Waals surface area contributed by atoms with E-state index in [2.05, 4.69) is 4.98 Å². The molecule has 2 N–H and O–H groups in total. The van der Waals surface area contributed by atoms with Crippen molar-refractivity contribution in [3.05, 3.63) is 30.1 Å². The molecule has 0 amide bonds. The summed E-state index contributed by atoms with van der Waals surface area (Å²) in [6.07, 6.45) is 7.61. The predicted octanol–water partition coefficient (Wildman–Crippen LogP) is 3.56. The van der Waals surface area contributed by atoms with Crippen molar-refractivity contribution < 1.29 is 19.8 Å². The Balaban J connectivity index is 0.000000219. The van der Waals surface area contributed by atoms with Gasteiger partial charge in [0, 0.05) is 29.8 Å². The van der Waals surface area contributed by atoms with Crippen LogP contribution in [0.4, 0.5) is 0 Å². The molecule has 21 heavy (non-hydrogen) atoms. The molecule has 1 aliphatic heterocycles. The maximum Gasteiger partial charge on any atom is 0.337 e. The lowest BCUT2D eigenvalue weighted by molar-refractivity contribution is -0.137. The van der Waals surface area contributed by atoms with Crippen LogP contribution in [-0.4, -0.2) is 38.1 Å². The molecular weight excluding hydrogens is 310 g/mol. The van der Waals surface area contributed by atoms with Gasteiger partial charge in [0.05, 0.1) is 5.56 Å². The van der Waals surface area contributed by atoms with Crippen molar-refractivity contribution in [2.45, 2.75) is 37.4 Å². The first-order valence-corrected chi connectivity index (χ1v) is 9.11. The van der Waals surface area contributed by atoms with Crippen molar-refractivity contribution in [1.82, 2.24) is 4.98 Å². The molecule has 2 rings (SSSR count). The zero-order valence-corrected chi connectivity index (χ0v) is 13.2. The summed E-state index contributed by atoms with van der Waals surface area (Å²) in [5.41, 5.74) is 0.220. The normalized spacial score (nSPS) is 16.9. The highest BCUT2D eigenvalue weighted by atomic mass is 33.1. The maximum atomic E-state index is 10.2. The fraction of sp³-hybridized carbons (Fsp3) is 0.500. The summed E-state index contributed by atoms with van der Waals surface area (Å²) in [6, 6.07) is 3.08. The van der Waals surface area contributed by atoms with Crippen molar-refractivity contribution in [3.63, 3.8) is 0 Å². The Morgan fingerprint density at radius 1 is 1.33 bits per heavy atom. The van der Waals surface area contributed by atoms with Gasteiger partial charge in [0.25, 0.3) is 0 Å². The van der Waals surface area contributed by atoms with Crippen LogP contribution >= 0.6 is 21.6 Å². The topological polar surface area (TPSA) is 87.5 Å². The van der Waals surface area contributed by atoms with Crippen molar-refractivity contribution in [3.8, 4) is 0 Å². The van der Waals surface area contributed by atoms with Crippen LogP contribution in [-0.2, 0) is 4.79 Å². The average Bonchev–Trinajstić information content (AvgIpc) is 2.98. The molecule has 1 saturated heterocycles. The van der Waals surface area contributed by atoms with Crippen LogP contribution in [0.5, 0.6) is 0 Å². The van der Waals surface area contributed by atoms with Gasteiger partial charge < -0.3 is 10.2 Å². The lowest BCUT2D eigenvalue weighted by Gasteiger charge is -2.04. The van der Waals surface area contributed by atoms with Crippen molar-refractivity contribution in [1.29, 1.82) is 0 Å². The summed E-state index contributed by atoms with van der Waals surface area (Å²) in [5, 5.41) is 17.5. The summed E-state index contributed by atoms with van der Waals surface area (Å²) in [7, 11) is 3.92. The molecule has 0 aromatic carbocycles. The highest BCUT2D eigenvalue weighted by Gasteiger charge is 2.15. The number of aliphatic carboxylic acids is 1. The molecule has 1 aliphatic rings. The minimum atomic E-state index is -0.942. The van der Waals surface area contributed by atoms with Gasteiger partial charge in [-0.15, -0.1) is 0 Å². The van der Waals surface area contributed by atoms with E-state index < -0.39 is 11.9 Å². The third kappa shape index (κ3) is 8.62. The number of hydrogen-bond acceptors (Lipinski definition) is 5. The number of pyridine rings is 1. The summed E-state index contributed by atoms with van der Waals surface area (Å²) in [6.45, 7) is 0. The number of carboxylic acids is 2. The third-order valence-corrected chi connectivity index (χ3v) is 5.81. The van der Waals surface area contributed by atoms with E-state index in [4.69, 9.17) is 10.2 Å². The van der Waals surface area contributed by atoms with E-state index in [0.29, 0.717) is 6.42 Å². The maximum absolute atomic E-state index is 10.2. The predicted molar refractivity (Wildman–Crippen MR) is 85.8 cm³/mol. The lowest BCUT2D eigenvalue weighted by Crippen LogP contribution is -1.99. The van der Waals surface area contributed by atoms with Crippen LogP contribution in [0, 0.1) is 0 Å². The summed E-state index contributed by atoms with van der Waals surface area (Å²) < 4.78 is 0. The van der Waals surface area contributed by atoms with E-state index in [1.165, 1.54) is 37.1 Å². The first kappa shape index (κ1) is 17.8. The highest BCUT2D eigenvalue weighted by molar-refractivity contribution is 8.77. The number of unbranched alkanes of at least 4 members (excludes halogenated alkanes) is 1. The molecule has 2 heterocycles. The molecule has 0 bridgehead atoms. The fourth-order valence-corrected chi connectivity index (χ4v) is 4.73. The van der Waals surface area contributed by atoms with Gasteiger partial charge in [-0.3, -0.25) is 9.78 Å². The molecule has 1 atom stereocenters. The molecule has 1 fully saturated rings. The Morgan fingerprint density at radius 2 is 2.14 bits per heavy atom. The minimum absolute atomic E-state index is 0.220. The fourth-order valence-electron chi connectivity index (χ4n) is 1.70. The molecule has 0 unspecified atom stereocenters. The van der Waals surface area contributed by atoms with Crippen LogP contribution in [0.25, 0.3) is 0 Å². The first-order valence-electron chi connectivity index (χ1n) is 6.73. The van der Waals surface area contributed by atoms with Gasteiger partial charge >= 0.3 is 11.9 Å². The van der Waals surface area contributed by atoms with E-state index >= 15 is 0 Å². The second kappa shape index (κ2) is 10.5. The summed E-state index contributed by atoms with van der Waals surface area (Å²) >= 11 is 0. The largest absolute Gasteiger partial charge is 0.481 e. The number of carboxylic acid groups (broad SMARTS) is 2. The summed E-state index contributed by atoms with van der Waals surface area (Å²) in [5.74, 6) is -0.333. The quantitative estimate of drug-likeness (QED) is 0.609. The molecule has 1 aromatic heterocycles. The van der Waals surface area contributed by atoms with Crippen molar-refractivity contribution >= 4 is 33.5 Å². The van der Waals surface area contributed by atoms with E-state index in [9.17, 15) is 9.59 Å². The third-order valence-electron chi connectivity index (χ3n) is 2.80. The molecule has 7 heteroatoms. The van der Waals surface area contributed by atoms with E-state index in [0.717, 1.165) is 18.1 Å².